The summed E-state index contributed by atoms with van der Waals surface area (Å²) in [5.41, 5.74) is 1.56. The smallest absolute Gasteiger partial charge is 0.227 e. The highest BCUT2D eigenvalue weighted by Crippen LogP contribution is 2.28. The number of anilines is 1. The fourth-order valence-corrected chi connectivity index (χ4v) is 2.81. The molecule has 2 aromatic rings. The molecule has 5 heteroatoms. The quantitative estimate of drug-likeness (QED) is 0.843. The molecule has 1 saturated heterocycles. The highest BCUT2D eigenvalue weighted by atomic mass is 19.1. The third-order valence-electron chi connectivity index (χ3n) is 4.03. The Hall–Kier alpha value is -2.87. The Balaban J connectivity index is 1.61. The Labute approximate surface area is 140 Å². The lowest BCUT2D eigenvalue weighted by molar-refractivity contribution is -0.117. The summed E-state index contributed by atoms with van der Waals surface area (Å²) in [5, 5.41) is 8.76. The molecule has 1 amide bonds. The van der Waals surface area contributed by atoms with E-state index in [0.29, 0.717) is 25.1 Å². The fourth-order valence-electron chi connectivity index (χ4n) is 2.81. The summed E-state index contributed by atoms with van der Waals surface area (Å²) in [4.78, 5) is 13.7. The van der Waals surface area contributed by atoms with Crippen molar-refractivity contribution in [3.8, 4) is 11.8 Å². The van der Waals surface area contributed by atoms with Crippen molar-refractivity contribution >= 4 is 11.6 Å². The number of ether oxygens (including phenoxy) is 1. The maximum absolute atomic E-state index is 13.1. The second-order valence-corrected chi connectivity index (χ2v) is 5.85. The maximum atomic E-state index is 13.1. The number of carbonyl (C=O) groups excluding carboxylic acids is 1. The molecule has 0 saturated carbocycles. The Morgan fingerprint density at radius 3 is 2.75 bits per heavy atom. The number of nitriles is 1. The number of carbonyl (C=O) groups is 1. The van der Waals surface area contributed by atoms with Crippen molar-refractivity contribution in [2.75, 3.05) is 11.4 Å². The van der Waals surface area contributed by atoms with Crippen molar-refractivity contribution in [2.24, 2.45) is 5.92 Å². The van der Waals surface area contributed by atoms with Crippen LogP contribution in [0.1, 0.15) is 18.4 Å². The second-order valence-electron chi connectivity index (χ2n) is 5.85. The molecule has 0 N–H and O–H groups in total. The maximum Gasteiger partial charge on any atom is 0.227 e. The van der Waals surface area contributed by atoms with Crippen molar-refractivity contribution in [3.05, 3.63) is 59.9 Å². The van der Waals surface area contributed by atoms with E-state index in [0.717, 1.165) is 11.3 Å². The Bertz CT molecular complexity index is 768. The summed E-state index contributed by atoms with van der Waals surface area (Å²) >= 11 is 0. The molecule has 2 aromatic carbocycles. The molecule has 0 spiro atoms. The summed E-state index contributed by atoms with van der Waals surface area (Å²) in [6.45, 7) is 0.861. The minimum absolute atomic E-state index is 0.0451. The molecule has 1 aliphatic rings. The van der Waals surface area contributed by atoms with E-state index in [1.165, 1.54) is 12.1 Å². The van der Waals surface area contributed by atoms with Gasteiger partial charge in [-0.1, -0.05) is 12.1 Å². The topological polar surface area (TPSA) is 53.3 Å². The first-order valence-corrected chi connectivity index (χ1v) is 7.80. The molecule has 122 valence electrons. The molecule has 0 radical (unpaired) electrons. The molecule has 0 unspecified atom stereocenters. The van der Waals surface area contributed by atoms with Crippen LogP contribution in [0.5, 0.6) is 5.75 Å². The van der Waals surface area contributed by atoms with Gasteiger partial charge in [-0.05, 0) is 47.9 Å². The summed E-state index contributed by atoms with van der Waals surface area (Å²) in [5.74, 6) is 0.518. The second kappa shape index (κ2) is 7.14. The van der Waals surface area contributed by atoms with Crippen LogP contribution in [0.2, 0.25) is 0 Å². The zero-order chi connectivity index (χ0) is 16.9. The predicted octanol–water partition coefficient (Wildman–Crippen LogP) is 3.67. The van der Waals surface area contributed by atoms with Crippen LogP contribution >= 0.6 is 0 Å². The number of amides is 1. The summed E-state index contributed by atoms with van der Waals surface area (Å²) < 4.78 is 18.8. The normalized spacial score (nSPS) is 16.9. The average molecular weight is 324 g/mol. The fraction of sp³-hybridized carbons (Fsp3) is 0.263. The number of nitrogens with zero attached hydrogens (tertiary/aromatic N) is 2. The molecular formula is C19H17FN2O2. The number of benzene rings is 2. The lowest BCUT2D eigenvalue weighted by Crippen LogP contribution is -2.24. The zero-order valence-electron chi connectivity index (χ0n) is 13.1. The van der Waals surface area contributed by atoms with Crippen LogP contribution < -0.4 is 9.64 Å². The highest BCUT2D eigenvalue weighted by Gasteiger charge is 2.30. The molecule has 1 fully saturated rings. The Morgan fingerprint density at radius 1 is 1.25 bits per heavy atom. The first-order valence-electron chi connectivity index (χ1n) is 7.80. The predicted molar refractivity (Wildman–Crippen MR) is 87.9 cm³/mol. The van der Waals surface area contributed by atoms with Gasteiger partial charge in [0.15, 0.2) is 0 Å². The van der Waals surface area contributed by atoms with Crippen molar-refractivity contribution in [3.63, 3.8) is 0 Å². The first kappa shape index (κ1) is 16.0. The van der Waals surface area contributed by atoms with Gasteiger partial charge < -0.3 is 9.64 Å². The molecule has 24 heavy (non-hydrogen) atoms. The van der Waals surface area contributed by atoms with Crippen molar-refractivity contribution in [1.29, 1.82) is 5.26 Å². The molecule has 1 atom stereocenters. The van der Waals surface area contributed by atoms with Crippen LogP contribution in [-0.4, -0.2) is 12.5 Å². The van der Waals surface area contributed by atoms with Crippen LogP contribution in [0.4, 0.5) is 10.1 Å². The van der Waals surface area contributed by atoms with Gasteiger partial charge >= 0.3 is 0 Å². The molecule has 1 heterocycles. The molecule has 4 nitrogen and oxygen atoms in total. The van der Waals surface area contributed by atoms with Gasteiger partial charge in [-0.25, -0.2) is 4.39 Å². The molecule has 0 bridgehead atoms. The first-order chi connectivity index (χ1) is 11.7. The van der Waals surface area contributed by atoms with Crippen LogP contribution in [-0.2, 0) is 11.4 Å². The van der Waals surface area contributed by atoms with Gasteiger partial charge in [0.25, 0.3) is 0 Å². The number of halogens is 1. The monoisotopic (exact) mass is 324 g/mol. The van der Waals surface area contributed by atoms with Gasteiger partial charge in [0, 0.05) is 25.1 Å². The van der Waals surface area contributed by atoms with E-state index in [1.807, 2.05) is 12.1 Å². The van der Waals surface area contributed by atoms with Gasteiger partial charge in [-0.15, -0.1) is 0 Å². The van der Waals surface area contributed by atoms with Crippen LogP contribution in [0.15, 0.2) is 48.5 Å². The molecule has 3 rings (SSSR count). The minimum Gasteiger partial charge on any atom is -0.489 e. The molecule has 1 aliphatic heterocycles. The van der Waals surface area contributed by atoms with Crippen molar-refractivity contribution in [2.45, 2.75) is 19.4 Å². The molecule has 0 aliphatic carbocycles. The van der Waals surface area contributed by atoms with Gasteiger partial charge in [0.1, 0.15) is 18.2 Å². The van der Waals surface area contributed by atoms with Crippen LogP contribution in [0.3, 0.4) is 0 Å². The van der Waals surface area contributed by atoms with Gasteiger partial charge in [-0.3, -0.25) is 4.79 Å². The van der Waals surface area contributed by atoms with E-state index in [9.17, 15) is 9.18 Å². The lowest BCUT2D eigenvalue weighted by Gasteiger charge is -2.17. The average Bonchev–Trinajstić information content (AvgIpc) is 2.94. The van der Waals surface area contributed by atoms with Gasteiger partial charge in [0.2, 0.25) is 5.91 Å². The zero-order valence-corrected chi connectivity index (χ0v) is 13.1. The molecule has 0 aromatic heterocycles. The van der Waals surface area contributed by atoms with E-state index in [1.54, 1.807) is 29.2 Å². The van der Waals surface area contributed by atoms with E-state index >= 15 is 0 Å². The summed E-state index contributed by atoms with van der Waals surface area (Å²) in [6, 6.07) is 15.6. The SMILES string of the molecule is N#CC[C@@H]1CC(=O)N(c2ccc(OCc3cccc(F)c3)cc2)C1. The van der Waals surface area contributed by atoms with Crippen LogP contribution in [0, 0.1) is 23.1 Å². The summed E-state index contributed by atoms with van der Waals surface area (Å²) in [6.07, 6.45) is 0.822. The van der Waals surface area contributed by atoms with E-state index in [4.69, 9.17) is 10.00 Å². The summed E-state index contributed by atoms with van der Waals surface area (Å²) in [7, 11) is 0. The van der Waals surface area contributed by atoms with Gasteiger partial charge in [-0.2, -0.15) is 5.26 Å². The third-order valence-corrected chi connectivity index (χ3v) is 4.03. The Kier molecular flexibility index (Phi) is 4.76. The standard InChI is InChI=1S/C19H17FN2O2/c20-16-3-1-2-15(10-16)13-24-18-6-4-17(5-7-18)22-12-14(8-9-21)11-19(22)23/h1-7,10,14H,8,11-13H2/t14-/m1/s1. The number of hydrogen-bond acceptors (Lipinski definition) is 3. The largest absolute Gasteiger partial charge is 0.489 e. The van der Waals surface area contributed by atoms with E-state index in [2.05, 4.69) is 6.07 Å². The number of rotatable bonds is 5. The van der Waals surface area contributed by atoms with E-state index in [-0.39, 0.29) is 24.2 Å². The van der Waals surface area contributed by atoms with E-state index < -0.39 is 0 Å². The number of hydrogen-bond donors (Lipinski definition) is 0. The van der Waals surface area contributed by atoms with Crippen LogP contribution in [0.25, 0.3) is 0 Å². The van der Waals surface area contributed by atoms with Gasteiger partial charge in [0.05, 0.1) is 6.07 Å². The highest BCUT2D eigenvalue weighted by molar-refractivity contribution is 5.95. The third kappa shape index (κ3) is 3.72. The van der Waals surface area contributed by atoms with Crippen molar-refractivity contribution < 1.29 is 13.9 Å². The molecular weight excluding hydrogens is 307 g/mol. The van der Waals surface area contributed by atoms with Crippen molar-refractivity contribution in [1.82, 2.24) is 0 Å². The minimum atomic E-state index is -0.286. The Morgan fingerprint density at radius 2 is 2.04 bits per heavy atom. The lowest BCUT2D eigenvalue weighted by atomic mass is 10.1.